The molecule has 0 bridgehead atoms. The van der Waals surface area contributed by atoms with Crippen LogP contribution in [0.25, 0.3) is 0 Å². The first-order valence-corrected chi connectivity index (χ1v) is 5.59. The average Bonchev–Trinajstić information content (AvgIpc) is 2.23. The van der Waals surface area contributed by atoms with E-state index in [1.807, 2.05) is 0 Å². The summed E-state index contributed by atoms with van der Waals surface area (Å²) >= 11 is 0. The second-order valence-corrected chi connectivity index (χ2v) is 4.17. The number of aryl methyl sites for hydroxylation is 1. The van der Waals surface area contributed by atoms with E-state index in [-0.39, 0.29) is 24.3 Å². The molecule has 1 nitrogen and oxygen atoms in total. The molecule has 0 radical (unpaired) electrons. The molecule has 0 aromatic heterocycles. The quantitative estimate of drug-likeness (QED) is 0.454. The van der Waals surface area contributed by atoms with E-state index in [0.29, 0.717) is 0 Å². The first-order valence-electron chi connectivity index (χ1n) is 5.59. The topological polar surface area (TPSA) is 9.23 Å². The minimum absolute atomic E-state index is 0.172. The summed E-state index contributed by atoms with van der Waals surface area (Å²) in [6, 6.07) is 2.93. The molecule has 0 unspecified atom stereocenters. The molecular weight excluding hydrogens is 273 g/mol. The Labute approximate surface area is 106 Å². The van der Waals surface area contributed by atoms with Gasteiger partial charge in [-0.05, 0) is 25.0 Å². The SMILES string of the molecule is Cc1cc([B-](F)(F)F)ccc1OCCCC(F)(F)F. The van der Waals surface area contributed by atoms with Crippen molar-refractivity contribution in [3.63, 3.8) is 0 Å². The van der Waals surface area contributed by atoms with Gasteiger partial charge in [0.25, 0.3) is 0 Å². The van der Waals surface area contributed by atoms with Gasteiger partial charge in [0.15, 0.2) is 0 Å². The lowest BCUT2D eigenvalue weighted by atomic mass is 9.79. The molecule has 108 valence electrons. The predicted molar refractivity (Wildman–Crippen MR) is 60.7 cm³/mol. The zero-order chi connectivity index (χ0) is 14.7. The van der Waals surface area contributed by atoms with Gasteiger partial charge in [0.2, 0.25) is 0 Å². The van der Waals surface area contributed by atoms with Crippen LogP contribution in [-0.4, -0.2) is 19.8 Å². The monoisotopic (exact) mass is 285 g/mol. The van der Waals surface area contributed by atoms with Crippen LogP contribution in [0.5, 0.6) is 5.75 Å². The Hall–Kier alpha value is -1.34. The largest absolute Gasteiger partial charge is 0.509 e. The second-order valence-electron chi connectivity index (χ2n) is 4.17. The van der Waals surface area contributed by atoms with Crippen molar-refractivity contribution >= 4 is 12.4 Å². The molecule has 0 aliphatic carbocycles. The van der Waals surface area contributed by atoms with Crippen molar-refractivity contribution in [2.75, 3.05) is 6.61 Å². The van der Waals surface area contributed by atoms with Crippen molar-refractivity contribution in [1.82, 2.24) is 0 Å². The lowest BCUT2D eigenvalue weighted by Crippen LogP contribution is -2.34. The van der Waals surface area contributed by atoms with Crippen LogP contribution in [0.1, 0.15) is 18.4 Å². The molecule has 8 heteroatoms. The molecule has 0 spiro atoms. The van der Waals surface area contributed by atoms with E-state index in [1.165, 1.54) is 6.92 Å². The fourth-order valence-corrected chi connectivity index (χ4v) is 1.49. The Morgan fingerprint density at radius 1 is 1.16 bits per heavy atom. The molecule has 1 aromatic carbocycles. The summed E-state index contributed by atoms with van der Waals surface area (Å²) in [5, 5.41) is 0. The highest BCUT2D eigenvalue weighted by Crippen LogP contribution is 2.23. The Kier molecular flexibility index (Phi) is 4.76. The third kappa shape index (κ3) is 5.44. The van der Waals surface area contributed by atoms with Gasteiger partial charge in [-0.1, -0.05) is 12.1 Å². The molecule has 0 N–H and O–H groups in total. The van der Waals surface area contributed by atoms with Crippen molar-refractivity contribution in [3.05, 3.63) is 23.8 Å². The number of hydrogen-bond donors (Lipinski definition) is 0. The van der Waals surface area contributed by atoms with Crippen molar-refractivity contribution in [2.45, 2.75) is 25.9 Å². The third-order valence-electron chi connectivity index (χ3n) is 2.44. The van der Waals surface area contributed by atoms with Crippen molar-refractivity contribution < 1.29 is 30.9 Å². The summed E-state index contributed by atoms with van der Waals surface area (Å²) in [5.41, 5.74) is -0.496. The first-order chi connectivity index (χ1) is 8.59. The molecule has 0 saturated heterocycles. The summed E-state index contributed by atoms with van der Waals surface area (Å²) in [5.74, 6) is 0.172. The minimum Gasteiger partial charge on any atom is -0.493 e. The Balaban J connectivity index is 2.57. The molecular formula is C11H12BF6O-. The molecule has 0 aliphatic rings. The maximum Gasteiger partial charge on any atom is 0.509 e. The lowest BCUT2D eigenvalue weighted by Gasteiger charge is -2.17. The van der Waals surface area contributed by atoms with Crippen LogP contribution in [0.4, 0.5) is 26.1 Å². The number of halogens is 6. The van der Waals surface area contributed by atoms with E-state index in [0.717, 1.165) is 18.2 Å². The van der Waals surface area contributed by atoms with Gasteiger partial charge in [0.1, 0.15) is 5.75 Å². The van der Waals surface area contributed by atoms with Crippen LogP contribution in [0.3, 0.4) is 0 Å². The summed E-state index contributed by atoms with van der Waals surface area (Å²) in [6.45, 7) is -3.84. The van der Waals surface area contributed by atoms with Crippen LogP contribution < -0.4 is 10.2 Å². The van der Waals surface area contributed by atoms with E-state index >= 15 is 0 Å². The standard InChI is InChI=1S/C11H12BF6O/c1-8-7-9(12(16,17)18)3-4-10(8)19-6-2-5-11(13,14)15/h3-4,7H,2,5-6H2,1H3/q-1. The van der Waals surface area contributed by atoms with Gasteiger partial charge in [-0.25, -0.2) is 0 Å². The van der Waals surface area contributed by atoms with Crippen molar-refractivity contribution in [3.8, 4) is 5.75 Å². The highest BCUT2D eigenvalue weighted by atomic mass is 19.4. The van der Waals surface area contributed by atoms with Crippen LogP contribution in [0, 0.1) is 6.92 Å². The predicted octanol–water partition coefficient (Wildman–Crippen LogP) is 3.77. The Bertz CT molecular complexity index is 426. The Morgan fingerprint density at radius 2 is 1.79 bits per heavy atom. The van der Waals surface area contributed by atoms with Gasteiger partial charge in [0, 0.05) is 6.42 Å². The summed E-state index contributed by atoms with van der Waals surface area (Å²) in [6.07, 6.45) is -5.45. The van der Waals surface area contributed by atoms with Gasteiger partial charge in [0.05, 0.1) is 6.61 Å². The fourth-order valence-electron chi connectivity index (χ4n) is 1.49. The zero-order valence-electron chi connectivity index (χ0n) is 10.1. The average molecular weight is 285 g/mol. The summed E-state index contributed by atoms with van der Waals surface area (Å²) in [4.78, 5) is 0. The normalized spacial score (nSPS) is 12.6. The van der Waals surface area contributed by atoms with E-state index in [4.69, 9.17) is 4.74 Å². The maximum atomic E-state index is 12.4. The van der Waals surface area contributed by atoms with Crippen LogP contribution in [0.15, 0.2) is 18.2 Å². The highest BCUT2D eigenvalue weighted by Gasteiger charge is 2.27. The van der Waals surface area contributed by atoms with E-state index in [1.54, 1.807) is 0 Å². The molecule has 1 rings (SSSR count). The smallest absolute Gasteiger partial charge is 0.493 e. The molecule has 0 fully saturated rings. The first kappa shape index (κ1) is 15.7. The molecule has 0 aliphatic heterocycles. The molecule has 0 amide bonds. The molecule has 1 aromatic rings. The zero-order valence-corrected chi connectivity index (χ0v) is 10.1. The number of hydrogen-bond acceptors (Lipinski definition) is 1. The van der Waals surface area contributed by atoms with Gasteiger partial charge < -0.3 is 17.7 Å². The molecule has 0 saturated carbocycles. The highest BCUT2D eigenvalue weighted by molar-refractivity contribution is 6.73. The number of alkyl halides is 3. The van der Waals surface area contributed by atoms with Gasteiger partial charge >= 0.3 is 13.2 Å². The third-order valence-corrected chi connectivity index (χ3v) is 2.44. The summed E-state index contributed by atoms with van der Waals surface area (Å²) < 4.78 is 77.9. The van der Waals surface area contributed by atoms with Crippen molar-refractivity contribution in [2.24, 2.45) is 0 Å². The van der Waals surface area contributed by atoms with Crippen LogP contribution in [0.2, 0.25) is 0 Å². The van der Waals surface area contributed by atoms with Gasteiger partial charge in [-0.2, -0.15) is 13.2 Å². The van der Waals surface area contributed by atoms with Crippen LogP contribution in [-0.2, 0) is 0 Å². The fraction of sp³-hybridized carbons (Fsp3) is 0.455. The number of rotatable bonds is 5. The van der Waals surface area contributed by atoms with E-state index in [9.17, 15) is 26.1 Å². The number of ether oxygens (including phenoxy) is 1. The molecule has 0 heterocycles. The van der Waals surface area contributed by atoms with E-state index < -0.39 is 25.0 Å². The van der Waals surface area contributed by atoms with Gasteiger partial charge in [-0.3, -0.25) is 0 Å². The second kappa shape index (κ2) is 5.75. The van der Waals surface area contributed by atoms with Crippen LogP contribution >= 0.6 is 0 Å². The van der Waals surface area contributed by atoms with Gasteiger partial charge in [-0.15, -0.1) is 5.46 Å². The maximum absolute atomic E-state index is 12.4. The molecule has 0 atom stereocenters. The van der Waals surface area contributed by atoms with E-state index in [2.05, 4.69) is 0 Å². The molecule has 19 heavy (non-hydrogen) atoms. The number of benzene rings is 1. The van der Waals surface area contributed by atoms with Crippen molar-refractivity contribution in [1.29, 1.82) is 0 Å². The Morgan fingerprint density at radius 3 is 2.26 bits per heavy atom. The summed E-state index contributed by atoms with van der Waals surface area (Å²) in [7, 11) is 0. The minimum atomic E-state index is -5.08. The lowest BCUT2D eigenvalue weighted by molar-refractivity contribution is -0.136.